The van der Waals surface area contributed by atoms with E-state index in [0.717, 1.165) is 12.8 Å². The zero-order valence-corrected chi connectivity index (χ0v) is 16.1. The van der Waals surface area contributed by atoms with Crippen LogP contribution in [0.2, 0.25) is 0 Å². The predicted octanol–water partition coefficient (Wildman–Crippen LogP) is 6.96. The van der Waals surface area contributed by atoms with Gasteiger partial charge < -0.3 is 0 Å². The molecule has 0 radical (unpaired) electrons. The fourth-order valence-electron chi connectivity index (χ4n) is 2.12. The van der Waals surface area contributed by atoms with Crippen molar-refractivity contribution < 1.29 is 0 Å². The molecule has 0 bridgehead atoms. The number of allylic oxidation sites excluding steroid dienone is 5. The topological polar surface area (TPSA) is 0 Å². The Morgan fingerprint density at radius 2 is 1.71 bits per heavy atom. The van der Waals surface area contributed by atoms with Crippen molar-refractivity contribution in [1.82, 2.24) is 0 Å². The monoisotopic (exact) mass is 394 g/mol. The molecule has 1 aromatic rings. The molecule has 1 rings (SSSR count). The Morgan fingerprint density at radius 1 is 1.10 bits per heavy atom. The van der Waals surface area contributed by atoms with Crippen molar-refractivity contribution in [2.24, 2.45) is 5.41 Å². The highest BCUT2D eigenvalue weighted by Crippen LogP contribution is 2.23. The van der Waals surface area contributed by atoms with Gasteiger partial charge in [-0.15, -0.1) is 0 Å². The van der Waals surface area contributed by atoms with Crippen LogP contribution in [0.1, 0.15) is 52.2 Å². The molecule has 0 nitrogen and oxygen atoms in total. The third-order valence-electron chi connectivity index (χ3n) is 3.10. The summed E-state index contributed by atoms with van der Waals surface area (Å²) in [5.41, 5.74) is 5.68. The normalized spacial score (nSPS) is 12.8. The Kier molecular flexibility index (Phi) is 7.44. The molecule has 0 fully saturated rings. The highest BCUT2D eigenvalue weighted by atomic mass is 127. The molecule has 0 aromatic heterocycles. The molecule has 0 unspecified atom stereocenters. The first-order valence-corrected chi connectivity index (χ1v) is 8.76. The fraction of sp³-hybridized carbons (Fsp3) is 0.400. The summed E-state index contributed by atoms with van der Waals surface area (Å²) in [6.07, 6.45) is 8.80. The van der Waals surface area contributed by atoms with E-state index in [1.165, 1.54) is 22.3 Å². The van der Waals surface area contributed by atoms with Gasteiger partial charge in [-0.05, 0) is 52.9 Å². The zero-order valence-electron chi connectivity index (χ0n) is 13.9. The molecule has 0 atom stereocenters. The highest BCUT2D eigenvalue weighted by Gasteiger charge is 2.11. The van der Waals surface area contributed by atoms with Crippen LogP contribution in [0.3, 0.4) is 0 Å². The Labute approximate surface area is 144 Å². The Morgan fingerprint density at radius 3 is 2.19 bits per heavy atom. The van der Waals surface area contributed by atoms with E-state index in [1.807, 2.05) is 0 Å². The molecule has 1 heteroatoms. The number of rotatable bonds is 5. The van der Waals surface area contributed by atoms with Crippen molar-refractivity contribution in [2.75, 3.05) is 0 Å². The first kappa shape index (κ1) is 18.2. The van der Waals surface area contributed by atoms with Crippen LogP contribution in [0.4, 0.5) is 0 Å². The largest absolute Gasteiger partial charge is 0.0821 e. The molecule has 0 aliphatic carbocycles. The van der Waals surface area contributed by atoms with Gasteiger partial charge >= 0.3 is 0 Å². The van der Waals surface area contributed by atoms with Gasteiger partial charge in [-0.3, -0.25) is 0 Å². The molecule has 0 aliphatic heterocycles. The number of hydrogen-bond acceptors (Lipinski definition) is 0. The van der Waals surface area contributed by atoms with Gasteiger partial charge in [-0.25, -0.2) is 0 Å². The number of benzene rings is 1. The van der Waals surface area contributed by atoms with Crippen LogP contribution >= 0.6 is 22.6 Å². The summed E-state index contributed by atoms with van der Waals surface area (Å²) in [7, 11) is 0. The third-order valence-corrected chi connectivity index (χ3v) is 3.77. The summed E-state index contributed by atoms with van der Waals surface area (Å²) >= 11 is 2.32. The summed E-state index contributed by atoms with van der Waals surface area (Å²) < 4.78 is 2.15. The van der Waals surface area contributed by atoms with Crippen LogP contribution in [-0.2, 0) is 6.42 Å². The van der Waals surface area contributed by atoms with Gasteiger partial charge in [0.15, 0.2) is 0 Å². The van der Waals surface area contributed by atoms with E-state index in [0.29, 0.717) is 5.41 Å². The molecule has 0 aliphatic rings. The maximum atomic E-state index is 2.32. The predicted molar refractivity (Wildman–Crippen MR) is 105 cm³/mol. The first-order chi connectivity index (χ1) is 9.81. The smallest absolute Gasteiger partial charge is 0.0126 e. The molecular weight excluding hydrogens is 367 g/mol. The second-order valence-electron chi connectivity index (χ2n) is 6.92. The summed E-state index contributed by atoms with van der Waals surface area (Å²) in [6, 6.07) is 8.98. The van der Waals surface area contributed by atoms with E-state index >= 15 is 0 Å². The number of halogens is 1. The lowest BCUT2D eigenvalue weighted by atomic mass is 9.88. The molecular formula is C20H27I. The third kappa shape index (κ3) is 7.66. The minimum Gasteiger partial charge on any atom is -0.0821 e. The van der Waals surface area contributed by atoms with Crippen molar-refractivity contribution in [3.05, 3.63) is 63.3 Å². The maximum Gasteiger partial charge on any atom is -0.0126 e. The van der Waals surface area contributed by atoms with Gasteiger partial charge in [0.1, 0.15) is 0 Å². The molecule has 0 saturated heterocycles. The lowest BCUT2D eigenvalue weighted by Crippen LogP contribution is -2.08. The van der Waals surface area contributed by atoms with Crippen molar-refractivity contribution >= 4 is 28.2 Å². The van der Waals surface area contributed by atoms with Crippen molar-refractivity contribution in [3.63, 3.8) is 0 Å². The van der Waals surface area contributed by atoms with Gasteiger partial charge in [0.05, 0.1) is 0 Å². The molecule has 21 heavy (non-hydrogen) atoms. The van der Waals surface area contributed by atoms with E-state index in [2.05, 4.69) is 104 Å². The molecule has 0 N–H and O–H groups in total. The minimum absolute atomic E-state index is 0.341. The van der Waals surface area contributed by atoms with E-state index in [-0.39, 0.29) is 0 Å². The molecule has 0 saturated carbocycles. The van der Waals surface area contributed by atoms with Crippen LogP contribution in [0.25, 0.3) is 5.57 Å². The molecule has 114 valence electrons. The number of hydrogen-bond donors (Lipinski definition) is 0. The van der Waals surface area contributed by atoms with Gasteiger partial charge in [0.25, 0.3) is 0 Å². The highest BCUT2D eigenvalue weighted by molar-refractivity contribution is 14.1. The second-order valence-corrected chi connectivity index (χ2v) is 7.54. The summed E-state index contributed by atoms with van der Waals surface area (Å²) in [6.45, 7) is 11.1. The van der Waals surface area contributed by atoms with Crippen molar-refractivity contribution in [1.29, 1.82) is 0 Å². The van der Waals surface area contributed by atoms with Gasteiger partial charge in [0, 0.05) is 0 Å². The Bertz CT molecular complexity index is 518. The zero-order chi connectivity index (χ0) is 15.9. The molecule has 0 heterocycles. The summed E-state index contributed by atoms with van der Waals surface area (Å²) in [5.74, 6) is 0. The lowest BCUT2D eigenvalue weighted by molar-refractivity contribution is 0.411. The van der Waals surface area contributed by atoms with Gasteiger partial charge in [0.2, 0.25) is 0 Å². The van der Waals surface area contributed by atoms with Crippen LogP contribution in [0.15, 0.2) is 52.1 Å². The van der Waals surface area contributed by atoms with Crippen molar-refractivity contribution in [2.45, 2.75) is 47.5 Å². The second kappa shape index (κ2) is 8.57. The summed E-state index contributed by atoms with van der Waals surface area (Å²) in [5, 5.41) is 0. The summed E-state index contributed by atoms with van der Waals surface area (Å²) in [4.78, 5) is 0. The van der Waals surface area contributed by atoms with Crippen LogP contribution in [0, 0.1) is 5.41 Å². The Balaban J connectivity index is 2.77. The average Bonchev–Trinajstić information content (AvgIpc) is 2.38. The van der Waals surface area contributed by atoms with Crippen LogP contribution < -0.4 is 0 Å². The van der Waals surface area contributed by atoms with E-state index in [4.69, 9.17) is 0 Å². The van der Waals surface area contributed by atoms with E-state index < -0.39 is 0 Å². The molecule has 1 aromatic carbocycles. The van der Waals surface area contributed by atoms with Gasteiger partial charge in [-0.1, -0.05) is 91.4 Å². The fourth-order valence-corrected chi connectivity index (χ4v) is 2.69. The maximum absolute atomic E-state index is 2.32. The van der Waals surface area contributed by atoms with Crippen LogP contribution in [-0.4, -0.2) is 0 Å². The molecule has 0 spiro atoms. The van der Waals surface area contributed by atoms with Crippen LogP contribution in [0.5, 0.6) is 0 Å². The Hall–Kier alpha value is -0.830. The SMILES string of the molecule is CC(C)=CC/C=C/C(=C\I)c1ccc(CC(C)(C)C)cc1. The van der Waals surface area contributed by atoms with E-state index in [1.54, 1.807) is 0 Å². The minimum atomic E-state index is 0.341. The van der Waals surface area contributed by atoms with Gasteiger partial charge in [-0.2, -0.15) is 0 Å². The molecule has 0 amide bonds. The first-order valence-electron chi connectivity index (χ1n) is 7.51. The lowest BCUT2D eigenvalue weighted by Gasteiger charge is -2.18. The standard InChI is InChI=1S/C20H27I/c1-16(2)8-6-7-9-19(15-21)18-12-10-17(11-13-18)14-20(3,4)5/h7-13,15H,6,14H2,1-5H3/b9-7+,19-15+. The van der Waals surface area contributed by atoms with E-state index in [9.17, 15) is 0 Å². The van der Waals surface area contributed by atoms with Crippen molar-refractivity contribution in [3.8, 4) is 0 Å². The average molecular weight is 394 g/mol. The quantitative estimate of drug-likeness (QED) is 0.288.